The van der Waals surface area contributed by atoms with Gasteiger partial charge in [-0.2, -0.15) is 14.6 Å². The van der Waals surface area contributed by atoms with Crippen molar-refractivity contribution in [2.24, 2.45) is 0 Å². The fourth-order valence-electron chi connectivity index (χ4n) is 3.31. The van der Waals surface area contributed by atoms with Gasteiger partial charge in [-0.3, -0.25) is 9.59 Å². The van der Waals surface area contributed by atoms with Crippen molar-refractivity contribution in [2.45, 2.75) is 13.3 Å². The highest BCUT2D eigenvalue weighted by Crippen LogP contribution is 2.25. The Morgan fingerprint density at radius 2 is 1.91 bits per heavy atom. The van der Waals surface area contributed by atoms with Gasteiger partial charge >= 0.3 is 0 Å². The van der Waals surface area contributed by atoms with Crippen molar-refractivity contribution < 1.29 is 4.42 Å². The van der Waals surface area contributed by atoms with E-state index < -0.39 is 5.56 Å². The van der Waals surface area contributed by atoms with Gasteiger partial charge in [-0.25, -0.2) is 0 Å². The van der Waals surface area contributed by atoms with Gasteiger partial charge in [-0.1, -0.05) is 64.9 Å². The number of nitrogens with zero attached hydrogens (tertiary/aromatic N) is 3. The summed E-state index contributed by atoms with van der Waals surface area (Å²) < 4.78 is 7.42. The first kappa shape index (κ1) is 20.4. The zero-order chi connectivity index (χ0) is 22.2. The molecule has 0 aliphatic rings. The van der Waals surface area contributed by atoms with Crippen LogP contribution in [-0.2, 0) is 6.42 Å². The number of hydrogen-bond donors (Lipinski definition) is 0. The van der Waals surface area contributed by atoms with Crippen molar-refractivity contribution in [1.29, 1.82) is 0 Å². The van der Waals surface area contributed by atoms with Gasteiger partial charge in [0.25, 0.3) is 11.1 Å². The average Bonchev–Trinajstić information content (AvgIpc) is 3.35. The van der Waals surface area contributed by atoms with Crippen LogP contribution in [0.25, 0.3) is 22.4 Å². The molecule has 0 radical (unpaired) electrons. The SMILES string of the molecule is Cc1ccc(Cc2nn3c(=O)c(=Cc4ccc(-c5cccc(Cl)c5)o4)sc3nc2=O)cc1. The highest BCUT2D eigenvalue weighted by atomic mass is 35.5. The maximum Gasteiger partial charge on any atom is 0.296 e. The van der Waals surface area contributed by atoms with Crippen LogP contribution in [0.3, 0.4) is 0 Å². The number of benzene rings is 2. The second kappa shape index (κ2) is 8.18. The van der Waals surface area contributed by atoms with E-state index in [0.717, 1.165) is 28.0 Å². The summed E-state index contributed by atoms with van der Waals surface area (Å²) >= 11 is 7.15. The fraction of sp³-hybridized carbons (Fsp3) is 0.0833. The van der Waals surface area contributed by atoms with Gasteiger partial charge in [-0.15, -0.1) is 0 Å². The molecular weight excluding hydrogens is 446 g/mol. The van der Waals surface area contributed by atoms with E-state index in [1.54, 1.807) is 24.3 Å². The lowest BCUT2D eigenvalue weighted by Gasteiger charge is -2.01. The Kier molecular flexibility index (Phi) is 5.20. The molecule has 0 amide bonds. The first-order valence-corrected chi connectivity index (χ1v) is 11.0. The van der Waals surface area contributed by atoms with Gasteiger partial charge in [0.15, 0.2) is 0 Å². The molecule has 0 saturated heterocycles. The van der Waals surface area contributed by atoms with E-state index in [2.05, 4.69) is 10.1 Å². The molecule has 3 aromatic heterocycles. The predicted octanol–water partition coefficient (Wildman–Crippen LogP) is 3.87. The van der Waals surface area contributed by atoms with Crippen LogP contribution in [0.2, 0.25) is 5.02 Å². The monoisotopic (exact) mass is 461 g/mol. The topological polar surface area (TPSA) is 77.5 Å². The summed E-state index contributed by atoms with van der Waals surface area (Å²) in [5.74, 6) is 1.14. The normalized spacial score (nSPS) is 12.0. The van der Waals surface area contributed by atoms with E-state index in [1.165, 1.54) is 4.52 Å². The Labute approximate surface area is 191 Å². The molecule has 0 spiro atoms. The van der Waals surface area contributed by atoms with Crippen molar-refractivity contribution in [1.82, 2.24) is 14.6 Å². The molecule has 6 nitrogen and oxygen atoms in total. The Hall–Kier alpha value is -3.55. The standard InChI is InChI=1S/C24H16ClN3O3S/c1-14-5-7-15(8-6-14)11-19-22(29)26-24-28(27-19)23(30)21(32-24)13-18-9-10-20(31-18)16-3-2-4-17(25)12-16/h2-10,12-13H,11H2,1H3. The van der Waals surface area contributed by atoms with Gasteiger partial charge < -0.3 is 4.42 Å². The third-order valence-electron chi connectivity index (χ3n) is 4.95. The Morgan fingerprint density at radius 3 is 2.69 bits per heavy atom. The van der Waals surface area contributed by atoms with E-state index in [4.69, 9.17) is 16.0 Å². The van der Waals surface area contributed by atoms with Crippen LogP contribution in [0.5, 0.6) is 0 Å². The Morgan fingerprint density at radius 1 is 1.09 bits per heavy atom. The molecule has 3 heterocycles. The summed E-state index contributed by atoms with van der Waals surface area (Å²) in [7, 11) is 0. The summed E-state index contributed by atoms with van der Waals surface area (Å²) in [6, 6.07) is 18.7. The lowest BCUT2D eigenvalue weighted by atomic mass is 10.1. The number of thiazole rings is 1. The number of aromatic nitrogens is 3. The van der Waals surface area contributed by atoms with Crippen LogP contribution >= 0.6 is 22.9 Å². The lowest BCUT2D eigenvalue weighted by Crippen LogP contribution is -2.28. The van der Waals surface area contributed by atoms with Crippen molar-refractivity contribution in [2.75, 3.05) is 0 Å². The molecule has 0 aliphatic heterocycles. The summed E-state index contributed by atoms with van der Waals surface area (Å²) in [5, 5.41) is 4.90. The van der Waals surface area contributed by atoms with Crippen molar-refractivity contribution in [3.8, 4) is 11.3 Å². The second-order valence-corrected chi connectivity index (χ2v) is 8.79. The molecule has 0 saturated carbocycles. The summed E-state index contributed by atoms with van der Waals surface area (Å²) in [6.45, 7) is 1.99. The first-order valence-electron chi connectivity index (χ1n) is 9.82. The number of rotatable bonds is 4. The van der Waals surface area contributed by atoms with E-state index in [1.807, 2.05) is 49.4 Å². The maximum absolute atomic E-state index is 12.9. The molecule has 0 unspecified atom stereocenters. The fourth-order valence-corrected chi connectivity index (χ4v) is 4.38. The van der Waals surface area contributed by atoms with Crippen LogP contribution in [0.1, 0.15) is 22.6 Å². The number of furan rings is 1. The van der Waals surface area contributed by atoms with Crippen molar-refractivity contribution in [3.63, 3.8) is 0 Å². The largest absolute Gasteiger partial charge is 0.457 e. The smallest absolute Gasteiger partial charge is 0.296 e. The number of halogens is 1. The third kappa shape index (κ3) is 4.00. The minimum absolute atomic E-state index is 0.231. The predicted molar refractivity (Wildman–Crippen MR) is 125 cm³/mol. The van der Waals surface area contributed by atoms with Crippen LogP contribution in [0.4, 0.5) is 0 Å². The maximum atomic E-state index is 12.9. The quantitative estimate of drug-likeness (QED) is 0.406. The highest BCUT2D eigenvalue weighted by molar-refractivity contribution is 7.15. The van der Waals surface area contributed by atoms with Gasteiger partial charge in [0, 0.05) is 23.1 Å². The Bertz CT molecular complexity index is 1620. The van der Waals surface area contributed by atoms with E-state index in [9.17, 15) is 9.59 Å². The molecule has 5 aromatic rings. The molecule has 0 atom stereocenters. The van der Waals surface area contributed by atoms with Gasteiger partial charge in [-0.05, 0) is 36.8 Å². The molecule has 32 heavy (non-hydrogen) atoms. The van der Waals surface area contributed by atoms with Gasteiger partial charge in [0.1, 0.15) is 21.7 Å². The lowest BCUT2D eigenvalue weighted by molar-refractivity contribution is 0.571. The van der Waals surface area contributed by atoms with E-state index in [-0.39, 0.29) is 16.2 Å². The number of hydrogen-bond acceptors (Lipinski definition) is 6. The molecule has 0 N–H and O–H groups in total. The van der Waals surface area contributed by atoms with Crippen molar-refractivity contribution in [3.05, 3.63) is 114 Å². The zero-order valence-corrected chi connectivity index (χ0v) is 18.5. The Balaban J connectivity index is 1.52. The second-order valence-electron chi connectivity index (χ2n) is 7.35. The molecule has 5 rings (SSSR count). The van der Waals surface area contributed by atoms with Crippen LogP contribution in [0, 0.1) is 6.92 Å². The minimum atomic E-state index is -0.431. The molecule has 0 fully saturated rings. The van der Waals surface area contributed by atoms with Gasteiger partial charge in [0.05, 0.1) is 0 Å². The molecular formula is C24H16ClN3O3S. The zero-order valence-electron chi connectivity index (χ0n) is 16.9. The average molecular weight is 462 g/mol. The van der Waals surface area contributed by atoms with E-state index >= 15 is 0 Å². The van der Waals surface area contributed by atoms with Crippen LogP contribution in [-0.4, -0.2) is 14.6 Å². The molecule has 2 aromatic carbocycles. The van der Waals surface area contributed by atoms with E-state index in [0.29, 0.717) is 27.5 Å². The summed E-state index contributed by atoms with van der Waals surface area (Å²) in [6.07, 6.45) is 1.94. The minimum Gasteiger partial charge on any atom is -0.457 e. The van der Waals surface area contributed by atoms with Crippen molar-refractivity contribution >= 4 is 34.0 Å². The van der Waals surface area contributed by atoms with Gasteiger partial charge in [0.2, 0.25) is 4.96 Å². The molecule has 0 aliphatic carbocycles. The molecule has 8 heteroatoms. The van der Waals surface area contributed by atoms with Crippen LogP contribution in [0.15, 0.2) is 74.7 Å². The molecule has 0 bridgehead atoms. The number of aryl methyl sites for hydroxylation is 1. The highest BCUT2D eigenvalue weighted by Gasteiger charge is 2.12. The summed E-state index contributed by atoms with van der Waals surface area (Å²) in [5.41, 5.74) is 2.35. The van der Waals surface area contributed by atoms with Crippen LogP contribution < -0.4 is 15.7 Å². The first-order chi connectivity index (χ1) is 15.5. The molecule has 158 valence electrons. The number of fused-ring (bicyclic) bond motifs is 1. The summed E-state index contributed by atoms with van der Waals surface area (Å²) in [4.78, 5) is 29.7. The third-order valence-corrected chi connectivity index (χ3v) is 6.15.